The average molecular weight is 732 g/mol. The van der Waals surface area contributed by atoms with Gasteiger partial charge in [-0.25, -0.2) is 15.0 Å². The summed E-state index contributed by atoms with van der Waals surface area (Å²) >= 11 is 0. The molecule has 270 valence electrons. The van der Waals surface area contributed by atoms with Crippen molar-refractivity contribution in [3.8, 4) is 33.9 Å². The molecule has 2 aliphatic carbocycles. The minimum absolute atomic E-state index is 0.122. The molecule has 0 amide bonds. The standard InChI is InChI=1S/C53H37N3O/c1-3-14-36(15-4-1)51-54-52(37-16-5-2-6-17-37)56-53(55-51)38-28-25-35(26-29-38)40-19-11-20-41(31-40)43-23-12-24-48-49(43)47-33-46(44-21-9-10-22-45(44)50(47)57-48)42-30-27-34-13-7-8-18-39(34)32-42/h1-10,12-16,18,20-33,37H,11,17,19H2. The maximum atomic E-state index is 6.74. The monoisotopic (exact) mass is 731 g/mol. The summed E-state index contributed by atoms with van der Waals surface area (Å²) in [5.74, 6) is 2.31. The number of benzene rings is 7. The summed E-state index contributed by atoms with van der Waals surface area (Å²) in [6.07, 6.45) is 16.1. The number of fused-ring (bicyclic) bond motifs is 6. The van der Waals surface area contributed by atoms with Crippen LogP contribution in [0.1, 0.15) is 42.1 Å². The minimum atomic E-state index is 0.122. The van der Waals surface area contributed by atoms with Crippen molar-refractivity contribution >= 4 is 54.6 Å². The number of allylic oxidation sites excluding steroid dienone is 8. The predicted octanol–water partition coefficient (Wildman–Crippen LogP) is 13.9. The molecule has 2 heterocycles. The van der Waals surface area contributed by atoms with Crippen LogP contribution >= 0.6 is 0 Å². The van der Waals surface area contributed by atoms with E-state index in [1.165, 1.54) is 49.6 Å². The molecular weight excluding hydrogens is 695 g/mol. The van der Waals surface area contributed by atoms with Crippen molar-refractivity contribution in [2.75, 3.05) is 0 Å². The van der Waals surface area contributed by atoms with Gasteiger partial charge in [0.2, 0.25) is 0 Å². The maximum Gasteiger partial charge on any atom is 0.163 e. The molecular formula is C53H37N3O. The summed E-state index contributed by atoms with van der Waals surface area (Å²) < 4.78 is 6.74. The molecule has 1 atom stereocenters. The van der Waals surface area contributed by atoms with Crippen molar-refractivity contribution < 1.29 is 4.42 Å². The molecule has 0 radical (unpaired) electrons. The lowest BCUT2D eigenvalue weighted by atomic mass is 9.88. The predicted molar refractivity (Wildman–Crippen MR) is 236 cm³/mol. The van der Waals surface area contributed by atoms with Crippen LogP contribution in [0.4, 0.5) is 0 Å². The van der Waals surface area contributed by atoms with E-state index < -0.39 is 0 Å². The fourth-order valence-corrected chi connectivity index (χ4v) is 8.61. The van der Waals surface area contributed by atoms with E-state index in [4.69, 9.17) is 19.4 Å². The molecule has 11 rings (SSSR count). The van der Waals surface area contributed by atoms with E-state index in [0.29, 0.717) is 11.6 Å². The minimum Gasteiger partial charge on any atom is -0.455 e. The van der Waals surface area contributed by atoms with Crippen LogP contribution in [0, 0.1) is 0 Å². The van der Waals surface area contributed by atoms with Crippen LogP contribution < -0.4 is 0 Å². The van der Waals surface area contributed by atoms with Crippen molar-refractivity contribution in [3.05, 3.63) is 199 Å². The zero-order chi connectivity index (χ0) is 37.7. The van der Waals surface area contributed by atoms with E-state index in [9.17, 15) is 0 Å². The van der Waals surface area contributed by atoms with E-state index >= 15 is 0 Å². The first-order chi connectivity index (χ1) is 28.2. The molecule has 0 saturated carbocycles. The third-order valence-electron chi connectivity index (χ3n) is 11.5. The maximum absolute atomic E-state index is 6.74. The summed E-state index contributed by atoms with van der Waals surface area (Å²) in [4.78, 5) is 14.9. The lowest BCUT2D eigenvalue weighted by Gasteiger charge is -2.16. The van der Waals surface area contributed by atoms with Crippen LogP contribution in [0.15, 0.2) is 186 Å². The molecule has 4 heteroatoms. The molecule has 7 aromatic carbocycles. The van der Waals surface area contributed by atoms with Gasteiger partial charge >= 0.3 is 0 Å². The number of aromatic nitrogens is 3. The second-order valence-corrected chi connectivity index (χ2v) is 15.0. The topological polar surface area (TPSA) is 51.8 Å². The van der Waals surface area contributed by atoms with Crippen LogP contribution in [-0.2, 0) is 0 Å². The number of nitrogens with zero attached hydrogens (tertiary/aromatic N) is 3. The van der Waals surface area contributed by atoms with E-state index in [0.717, 1.165) is 63.5 Å². The fourth-order valence-electron chi connectivity index (χ4n) is 8.61. The molecule has 0 N–H and O–H groups in total. The first-order valence-corrected chi connectivity index (χ1v) is 19.8. The van der Waals surface area contributed by atoms with Gasteiger partial charge in [-0.15, -0.1) is 0 Å². The molecule has 0 bridgehead atoms. The Bertz CT molecular complexity index is 3150. The normalized spacial score (nSPS) is 15.4. The first-order valence-electron chi connectivity index (χ1n) is 19.8. The van der Waals surface area contributed by atoms with Gasteiger partial charge in [-0.3, -0.25) is 0 Å². The Morgan fingerprint density at radius 1 is 0.544 bits per heavy atom. The second-order valence-electron chi connectivity index (χ2n) is 15.0. The molecule has 57 heavy (non-hydrogen) atoms. The van der Waals surface area contributed by atoms with Crippen LogP contribution in [0.3, 0.4) is 0 Å². The Morgan fingerprint density at radius 3 is 2.11 bits per heavy atom. The van der Waals surface area contributed by atoms with Crippen molar-refractivity contribution in [3.63, 3.8) is 0 Å². The van der Waals surface area contributed by atoms with Gasteiger partial charge in [0.1, 0.15) is 17.0 Å². The molecule has 0 spiro atoms. The Hall–Kier alpha value is -7.17. The lowest BCUT2D eigenvalue weighted by Crippen LogP contribution is -2.07. The van der Waals surface area contributed by atoms with Crippen LogP contribution in [0.5, 0.6) is 0 Å². The van der Waals surface area contributed by atoms with Gasteiger partial charge in [-0.2, -0.15) is 0 Å². The Kier molecular flexibility index (Phi) is 8.06. The van der Waals surface area contributed by atoms with Crippen molar-refractivity contribution in [1.29, 1.82) is 0 Å². The highest BCUT2D eigenvalue weighted by molar-refractivity contribution is 6.21. The zero-order valence-electron chi connectivity index (χ0n) is 31.3. The van der Waals surface area contributed by atoms with Crippen LogP contribution in [-0.4, -0.2) is 15.0 Å². The Balaban J connectivity index is 0.979. The number of hydrogen-bond acceptors (Lipinski definition) is 4. The Labute approximate surface area is 330 Å². The third-order valence-corrected chi connectivity index (χ3v) is 11.5. The fraction of sp³-hybridized carbons (Fsp3) is 0.0755. The van der Waals surface area contributed by atoms with Gasteiger partial charge in [0.15, 0.2) is 11.6 Å². The quantitative estimate of drug-likeness (QED) is 0.171. The smallest absolute Gasteiger partial charge is 0.163 e. The molecule has 0 saturated heterocycles. The van der Waals surface area contributed by atoms with Crippen LogP contribution in [0.25, 0.3) is 88.5 Å². The van der Waals surface area contributed by atoms with Gasteiger partial charge in [0, 0.05) is 33.2 Å². The molecule has 2 aromatic heterocycles. The summed E-state index contributed by atoms with van der Waals surface area (Å²) in [6.45, 7) is 0. The van der Waals surface area contributed by atoms with Crippen molar-refractivity contribution in [1.82, 2.24) is 15.0 Å². The third kappa shape index (κ3) is 5.98. The van der Waals surface area contributed by atoms with E-state index in [1.807, 2.05) is 18.2 Å². The summed E-state index contributed by atoms with van der Waals surface area (Å²) in [6, 6.07) is 51.7. The van der Waals surface area contributed by atoms with Crippen molar-refractivity contribution in [2.24, 2.45) is 0 Å². The van der Waals surface area contributed by atoms with Gasteiger partial charge < -0.3 is 4.42 Å². The van der Waals surface area contributed by atoms with Crippen LogP contribution in [0.2, 0.25) is 0 Å². The number of hydrogen-bond donors (Lipinski definition) is 0. The highest BCUT2D eigenvalue weighted by atomic mass is 16.3. The average Bonchev–Trinajstić information content (AvgIpc) is 3.68. The molecule has 2 aliphatic rings. The Morgan fingerprint density at radius 2 is 1.28 bits per heavy atom. The highest BCUT2D eigenvalue weighted by Gasteiger charge is 2.21. The zero-order valence-corrected chi connectivity index (χ0v) is 31.3. The first kappa shape index (κ1) is 33.2. The number of rotatable bonds is 6. The van der Waals surface area contributed by atoms with Gasteiger partial charge in [-0.1, -0.05) is 164 Å². The molecule has 0 fully saturated rings. The van der Waals surface area contributed by atoms with E-state index in [1.54, 1.807) is 0 Å². The molecule has 4 nitrogen and oxygen atoms in total. The largest absolute Gasteiger partial charge is 0.455 e. The van der Waals surface area contributed by atoms with Crippen molar-refractivity contribution in [2.45, 2.75) is 25.2 Å². The van der Waals surface area contributed by atoms with E-state index in [-0.39, 0.29) is 5.92 Å². The van der Waals surface area contributed by atoms with E-state index in [2.05, 4.69) is 164 Å². The highest BCUT2D eigenvalue weighted by Crippen LogP contribution is 2.44. The number of furan rings is 1. The van der Waals surface area contributed by atoms with Gasteiger partial charge in [0.25, 0.3) is 0 Å². The molecule has 1 unspecified atom stereocenters. The summed E-state index contributed by atoms with van der Waals surface area (Å²) in [7, 11) is 0. The SMILES string of the molecule is C1=CCC(c2nc(-c3ccccc3)nc(-c3ccc(C4=CC(c5cccc6oc7c8ccccc8c(-c8ccc9ccccc9c8)cc7c56)=CCC4)cc3)n2)C=C1. The second kappa shape index (κ2) is 13.8. The summed E-state index contributed by atoms with van der Waals surface area (Å²) in [5, 5.41) is 7.09. The van der Waals surface area contributed by atoms with Gasteiger partial charge in [-0.05, 0) is 87.0 Å². The molecule has 0 aliphatic heterocycles. The molecule has 9 aromatic rings. The van der Waals surface area contributed by atoms with Gasteiger partial charge in [0.05, 0.1) is 0 Å². The summed E-state index contributed by atoms with van der Waals surface area (Å²) in [5.41, 5.74) is 11.1. The lowest BCUT2D eigenvalue weighted by molar-refractivity contribution is 0.672.